The van der Waals surface area contributed by atoms with Gasteiger partial charge in [-0.15, -0.1) is 0 Å². The monoisotopic (exact) mass is 400 g/mol. The number of methoxy groups -OCH3 is 1. The SMILES string of the molecule is COC(=O)C1(c2nc(Cl)ncc2[N+](=O)[O-])CCN(C(=O)OC(C)(C)C)CC1. The average Bonchev–Trinajstić information content (AvgIpc) is 2.59. The summed E-state index contributed by atoms with van der Waals surface area (Å²) in [5, 5.41) is 11.2. The third-order valence-corrected chi connectivity index (χ3v) is 4.42. The number of amides is 1. The summed E-state index contributed by atoms with van der Waals surface area (Å²) in [5.74, 6) is -0.677. The van der Waals surface area contributed by atoms with E-state index in [0.717, 1.165) is 6.20 Å². The zero-order valence-electron chi connectivity index (χ0n) is 15.5. The molecule has 1 saturated heterocycles. The minimum absolute atomic E-state index is 0.0765. The number of halogens is 1. The number of nitro groups is 1. The summed E-state index contributed by atoms with van der Waals surface area (Å²) < 4.78 is 10.2. The van der Waals surface area contributed by atoms with E-state index < -0.39 is 33.7 Å². The van der Waals surface area contributed by atoms with Crippen molar-refractivity contribution in [3.05, 3.63) is 27.3 Å². The van der Waals surface area contributed by atoms with Crippen LogP contribution in [0.2, 0.25) is 5.28 Å². The van der Waals surface area contributed by atoms with E-state index in [0.29, 0.717) is 0 Å². The van der Waals surface area contributed by atoms with Crippen molar-refractivity contribution in [2.24, 2.45) is 0 Å². The second-order valence-corrected chi connectivity index (χ2v) is 7.51. The molecule has 2 heterocycles. The molecule has 0 aliphatic carbocycles. The van der Waals surface area contributed by atoms with Crippen molar-refractivity contribution in [1.29, 1.82) is 0 Å². The number of piperidine rings is 1. The molecule has 1 aromatic heterocycles. The number of carbonyl (C=O) groups is 2. The highest BCUT2D eigenvalue weighted by Crippen LogP contribution is 2.40. The van der Waals surface area contributed by atoms with Crippen LogP contribution in [-0.2, 0) is 19.7 Å². The molecule has 1 aliphatic rings. The lowest BCUT2D eigenvalue weighted by Gasteiger charge is -2.39. The Balaban J connectivity index is 2.37. The molecule has 0 N–H and O–H groups in total. The second-order valence-electron chi connectivity index (χ2n) is 7.17. The van der Waals surface area contributed by atoms with Gasteiger partial charge in [0.2, 0.25) is 5.28 Å². The maximum Gasteiger partial charge on any atom is 0.410 e. The molecule has 0 spiro atoms. The molecule has 27 heavy (non-hydrogen) atoms. The summed E-state index contributed by atoms with van der Waals surface area (Å²) in [4.78, 5) is 44.6. The third-order valence-electron chi connectivity index (χ3n) is 4.23. The van der Waals surface area contributed by atoms with Gasteiger partial charge in [0.15, 0.2) is 0 Å². The van der Waals surface area contributed by atoms with Gasteiger partial charge in [-0.2, -0.15) is 0 Å². The van der Waals surface area contributed by atoms with Gasteiger partial charge in [0.25, 0.3) is 0 Å². The molecular formula is C16H21ClN4O6. The van der Waals surface area contributed by atoms with E-state index in [1.165, 1.54) is 12.0 Å². The zero-order valence-corrected chi connectivity index (χ0v) is 16.3. The van der Waals surface area contributed by atoms with Crippen LogP contribution < -0.4 is 0 Å². The second kappa shape index (κ2) is 7.63. The number of ether oxygens (including phenoxy) is 2. The third kappa shape index (κ3) is 4.44. The Morgan fingerprint density at radius 3 is 2.41 bits per heavy atom. The molecule has 148 valence electrons. The van der Waals surface area contributed by atoms with Gasteiger partial charge in [-0.25, -0.2) is 14.8 Å². The van der Waals surface area contributed by atoms with Crippen LogP contribution in [0.1, 0.15) is 39.3 Å². The number of rotatable bonds is 3. The number of nitrogens with zero attached hydrogens (tertiary/aromatic N) is 4. The van der Waals surface area contributed by atoms with Gasteiger partial charge in [-0.1, -0.05) is 0 Å². The fraction of sp³-hybridized carbons (Fsp3) is 0.625. The maximum absolute atomic E-state index is 12.6. The predicted octanol–water partition coefficient (Wildman–Crippen LogP) is 2.48. The lowest BCUT2D eigenvalue weighted by molar-refractivity contribution is -0.386. The first-order valence-electron chi connectivity index (χ1n) is 8.24. The Hall–Kier alpha value is -2.49. The smallest absolute Gasteiger partial charge is 0.410 e. The molecule has 0 radical (unpaired) electrons. The quantitative estimate of drug-likeness (QED) is 0.328. The van der Waals surface area contributed by atoms with Crippen LogP contribution in [0.15, 0.2) is 6.20 Å². The van der Waals surface area contributed by atoms with Gasteiger partial charge >= 0.3 is 17.7 Å². The van der Waals surface area contributed by atoms with Crippen LogP contribution in [0, 0.1) is 10.1 Å². The number of carbonyl (C=O) groups excluding carboxylic acids is 2. The van der Waals surface area contributed by atoms with Crippen molar-refractivity contribution in [3.63, 3.8) is 0 Å². The van der Waals surface area contributed by atoms with Gasteiger partial charge in [0.05, 0.1) is 12.0 Å². The van der Waals surface area contributed by atoms with Crippen molar-refractivity contribution in [2.45, 2.75) is 44.6 Å². The standard InChI is InChI=1S/C16H21ClN4O6/c1-15(2,3)27-14(23)20-7-5-16(6-8-20,12(22)26-4)11-10(21(24)25)9-18-13(17)19-11/h9H,5-8H2,1-4H3. The first-order valence-corrected chi connectivity index (χ1v) is 8.62. The first kappa shape index (κ1) is 20.8. The van der Waals surface area contributed by atoms with Crippen LogP contribution in [0.25, 0.3) is 0 Å². The van der Waals surface area contributed by atoms with E-state index in [9.17, 15) is 19.7 Å². The number of likely N-dealkylation sites (tertiary alicyclic amines) is 1. The summed E-state index contributed by atoms with van der Waals surface area (Å²) in [6, 6.07) is 0. The van der Waals surface area contributed by atoms with E-state index in [4.69, 9.17) is 21.1 Å². The lowest BCUT2D eigenvalue weighted by Crippen LogP contribution is -2.51. The van der Waals surface area contributed by atoms with Gasteiger partial charge < -0.3 is 14.4 Å². The topological polar surface area (TPSA) is 125 Å². The Kier molecular flexibility index (Phi) is 5.88. The van der Waals surface area contributed by atoms with E-state index in [-0.39, 0.29) is 36.9 Å². The molecule has 1 amide bonds. The predicted molar refractivity (Wildman–Crippen MR) is 94.4 cm³/mol. The van der Waals surface area contributed by atoms with Crippen LogP contribution in [0.4, 0.5) is 10.5 Å². The average molecular weight is 401 g/mol. The molecule has 1 aliphatic heterocycles. The number of hydrogen-bond donors (Lipinski definition) is 0. The van der Waals surface area contributed by atoms with Gasteiger partial charge in [-0.05, 0) is 45.2 Å². The highest BCUT2D eigenvalue weighted by molar-refractivity contribution is 6.28. The number of hydrogen-bond acceptors (Lipinski definition) is 8. The van der Waals surface area contributed by atoms with Gasteiger partial charge in [0, 0.05) is 13.1 Å². The van der Waals surface area contributed by atoms with E-state index in [1.54, 1.807) is 20.8 Å². The summed E-state index contributed by atoms with van der Waals surface area (Å²) in [6.45, 7) is 5.53. The van der Waals surface area contributed by atoms with E-state index in [1.807, 2.05) is 0 Å². The summed E-state index contributed by atoms with van der Waals surface area (Å²) in [7, 11) is 1.19. The Labute approximate surface area is 161 Å². The summed E-state index contributed by atoms with van der Waals surface area (Å²) in [6.07, 6.45) is 0.603. The highest BCUT2D eigenvalue weighted by atomic mass is 35.5. The largest absolute Gasteiger partial charge is 0.468 e. The Bertz CT molecular complexity index is 756. The summed E-state index contributed by atoms with van der Waals surface area (Å²) >= 11 is 5.82. The van der Waals surface area contributed by atoms with Crippen molar-refractivity contribution < 1.29 is 24.0 Å². The van der Waals surface area contributed by atoms with Crippen LogP contribution in [-0.4, -0.2) is 57.7 Å². The molecular weight excluding hydrogens is 380 g/mol. The van der Waals surface area contributed by atoms with Gasteiger partial charge in [0.1, 0.15) is 22.9 Å². The van der Waals surface area contributed by atoms with Crippen LogP contribution >= 0.6 is 11.6 Å². The molecule has 0 saturated carbocycles. The van der Waals surface area contributed by atoms with Gasteiger partial charge in [-0.3, -0.25) is 14.9 Å². The van der Waals surface area contributed by atoms with Crippen molar-refractivity contribution in [1.82, 2.24) is 14.9 Å². The van der Waals surface area contributed by atoms with E-state index in [2.05, 4.69) is 9.97 Å². The van der Waals surface area contributed by atoms with Crippen LogP contribution in [0.5, 0.6) is 0 Å². The van der Waals surface area contributed by atoms with Crippen molar-refractivity contribution in [2.75, 3.05) is 20.2 Å². The Morgan fingerprint density at radius 2 is 1.93 bits per heavy atom. The molecule has 10 nitrogen and oxygen atoms in total. The van der Waals surface area contributed by atoms with E-state index >= 15 is 0 Å². The minimum atomic E-state index is -1.40. The van der Waals surface area contributed by atoms with Crippen LogP contribution in [0.3, 0.4) is 0 Å². The first-order chi connectivity index (χ1) is 12.5. The minimum Gasteiger partial charge on any atom is -0.468 e. The lowest BCUT2D eigenvalue weighted by atomic mass is 9.75. The fourth-order valence-electron chi connectivity index (χ4n) is 2.97. The number of aromatic nitrogens is 2. The molecule has 0 bridgehead atoms. The summed E-state index contributed by atoms with van der Waals surface area (Å²) in [5.41, 5.74) is -2.59. The van der Waals surface area contributed by atoms with Crippen molar-refractivity contribution >= 4 is 29.4 Å². The maximum atomic E-state index is 12.6. The Morgan fingerprint density at radius 1 is 1.33 bits per heavy atom. The molecule has 1 fully saturated rings. The molecule has 2 rings (SSSR count). The highest BCUT2D eigenvalue weighted by Gasteiger charge is 2.50. The fourth-order valence-corrected chi connectivity index (χ4v) is 3.10. The molecule has 0 unspecified atom stereocenters. The van der Waals surface area contributed by atoms with Crippen molar-refractivity contribution in [3.8, 4) is 0 Å². The molecule has 11 heteroatoms. The number of esters is 1. The normalized spacial score (nSPS) is 16.6. The molecule has 1 aromatic rings. The zero-order chi connectivity index (χ0) is 20.4. The molecule has 0 atom stereocenters. The molecule has 0 aromatic carbocycles.